The first-order valence-corrected chi connectivity index (χ1v) is 8.24. The van der Waals surface area contributed by atoms with Gasteiger partial charge in [-0.3, -0.25) is 9.59 Å². The number of aliphatic carboxylic acids is 1. The van der Waals surface area contributed by atoms with Gasteiger partial charge in [0, 0.05) is 26.3 Å². The highest BCUT2D eigenvalue weighted by Crippen LogP contribution is 2.17. The molecule has 0 fully saturated rings. The third-order valence-electron chi connectivity index (χ3n) is 3.07. The maximum absolute atomic E-state index is 12.3. The first kappa shape index (κ1) is 19.1. The fraction of sp³-hybridized carbons (Fsp3) is 0.429. The number of hydrogen-bond acceptors (Lipinski definition) is 5. The lowest BCUT2D eigenvalue weighted by Gasteiger charge is -2.17. The monoisotopic (exact) mass is 344 g/mol. The second kappa shape index (κ2) is 8.04. The van der Waals surface area contributed by atoms with Crippen LogP contribution >= 0.6 is 0 Å². The van der Waals surface area contributed by atoms with E-state index in [4.69, 9.17) is 9.84 Å². The smallest absolute Gasteiger partial charge is 0.323 e. The third-order valence-corrected chi connectivity index (χ3v) is 4.53. The van der Waals surface area contributed by atoms with Gasteiger partial charge in [0.1, 0.15) is 6.54 Å². The SMILES string of the molecule is COCCNS(=O)(=O)c1ccc(C)c(C(=O)N(C)CC(=O)O)c1. The third kappa shape index (κ3) is 5.31. The largest absolute Gasteiger partial charge is 0.480 e. The van der Waals surface area contributed by atoms with Crippen LogP contribution in [0.3, 0.4) is 0 Å². The number of methoxy groups -OCH3 is 1. The van der Waals surface area contributed by atoms with Crippen molar-refractivity contribution in [2.24, 2.45) is 0 Å². The van der Waals surface area contributed by atoms with Crippen LogP contribution in [0.5, 0.6) is 0 Å². The second-order valence-corrected chi connectivity index (χ2v) is 6.69. The van der Waals surface area contributed by atoms with E-state index in [1.165, 1.54) is 32.4 Å². The molecule has 0 heterocycles. The van der Waals surface area contributed by atoms with Crippen LogP contribution < -0.4 is 4.72 Å². The van der Waals surface area contributed by atoms with Gasteiger partial charge in [0.25, 0.3) is 5.91 Å². The van der Waals surface area contributed by atoms with Gasteiger partial charge in [-0.1, -0.05) is 6.07 Å². The number of rotatable bonds is 8. The van der Waals surface area contributed by atoms with E-state index in [-0.39, 0.29) is 23.6 Å². The van der Waals surface area contributed by atoms with Crippen LogP contribution in [-0.2, 0) is 19.6 Å². The quantitative estimate of drug-likeness (QED) is 0.646. The number of carbonyl (C=O) groups excluding carboxylic acids is 1. The van der Waals surface area contributed by atoms with Gasteiger partial charge < -0.3 is 14.7 Å². The van der Waals surface area contributed by atoms with Crippen molar-refractivity contribution in [3.63, 3.8) is 0 Å². The van der Waals surface area contributed by atoms with E-state index < -0.39 is 28.4 Å². The van der Waals surface area contributed by atoms with Gasteiger partial charge in [0.05, 0.1) is 11.5 Å². The Morgan fingerprint density at radius 3 is 2.57 bits per heavy atom. The molecule has 8 nitrogen and oxygen atoms in total. The van der Waals surface area contributed by atoms with Crippen LogP contribution in [0.2, 0.25) is 0 Å². The van der Waals surface area contributed by atoms with Crippen molar-refractivity contribution >= 4 is 21.9 Å². The Morgan fingerprint density at radius 1 is 1.35 bits per heavy atom. The molecule has 0 unspecified atom stereocenters. The minimum atomic E-state index is -3.77. The Bertz CT molecular complexity index is 687. The molecule has 1 rings (SSSR count). The molecule has 128 valence electrons. The molecule has 0 saturated heterocycles. The van der Waals surface area contributed by atoms with Crippen molar-refractivity contribution in [1.29, 1.82) is 0 Å². The molecule has 1 aromatic carbocycles. The summed E-state index contributed by atoms with van der Waals surface area (Å²) in [4.78, 5) is 23.9. The van der Waals surface area contributed by atoms with Crippen molar-refractivity contribution in [3.05, 3.63) is 29.3 Å². The molecule has 0 radical (unpaired) electrons. The van der Waals surface area contributed by atoms with Crippen LogP contribution in [0.25, 0.3) is 0 Å². The van der Waals surface area contributed by atoms with Gasteiger partial charge in [-0.2, -0.15) is 0 Å². The summed E-state index contributed by atoms with van der Waals surface area (Å²) in [6.45, 7) is 1.51. The minimum absolute atomic E-state index is 0.0636. The van der Waals surface area contributed by atoms with Crippen molar-refractivity contribution in [1.82, 2.24) is 9.62 Å². The topological polar surface area (TPSA) is 113 Å². The number of nitrogens with zero attached hydrogens (tertiary/aromatic N) is 1. The maximum atomic E-state index is 12.3. The fourth-order valence-electron chi connectivity index (χ4n) is 1.84. The number of amides is 1. The zero-order valence-electron chi connectivity index (χ0n) is 13.2. The predicted octanol–water partition coefficient (Wildman–Crippen LogP) is 0.0763. The Balaban J connectivity index is 3.08. The average Bonchev–Trinajstić information content (AvgIpc) is 2.46. The van der Waals surface area contributed by atoms with Crippen LogP contribution in [0.4, 0.5) is 0 Å². The molecule has 2 N–H and O–H groups in total. The molecule has 0 aliphatic heterocycles. The lowest BCUT2D eigenvalue weighted by atomic mass is 10.1. The highest BCUT2D eigenvalue weighted by molar-refractivity contribution is 7.89. The summed E-state index contributed by atoms with van der Waals surface area (Å²) in [5, 5.41) is 8.74. The molecule has 0 saturated carbocycles. The van der Waals surface area contributed by atoms with Gasteiger partial charge in [-0.25, -0.2) is 13.1 Å². The molecule has 0 bridgehead atoms. The first-order valence-electron chi connectivity index (χ1n) is 6.75. The lowest BCUT2D eigenvalue weighted by molar-refractivity contribution is -0.137. The first-order chi connectivity index (χ1) is 10.7. The van der Waals surface area contributed by atoms with Crippen molar-refractivity contribution in [2.75, 3.05) is 33.9 Å². The second-order valence-electron chi connectivity index (χ2n) is 4.92. The number of sulfonamides is 1. The minimum Gasteiger partial charge on any atom is -0.480 e. The van der Waals surface area contributed by atoms with Gasteiger partial charge in [-0.05, 0) is 24.6 Å². The van der Waals surface area contributed by atoms with E-state index in [0.717, 1.165) is 4.90 Å². The Kier molecular flexibility index (Phi) is 6.67. The van der Waals surface area contributed by atoms with E-state index in [0.29, 0.717) is 5.56 Å². The number of nitrogens with one attached hydrogen (secondary N) is 1. The number of carbonyl (C=O) groups is 2. The van der Waals surface area contributed by atoms with Crippen molar-refractivity contribution in [2.45, 2.75) is 11.8 Å². The summed E-state index contributed by atoms with van der Waals surface area (Å²) in [5.41, 5.74) is 0.700. The normalized spacial score (nSPS) is 11.3. The molecule has 0 aliphatic rings. The summed E-state index contributed by atoms with van der Waals surface area (Å²) in [5.74, 6) is -1.71. The van der Waals surface area contributed by atoms with Gasteiger partial charge >= 0.3 is 5.97 Å². The Morgan fingerprint density at radius 2 is 2.00 bits per heavy atom. The maximum Gasteiger partial charge on any atom is 0.323 e. The molecule has 0 atom stereocenters. The number of carboxylic acids is 1. The molecular weight excluding hydrogens is 324 g/mol. The number of likely N-dealkylation sites (N-methyl/N-ethyl adjacent to an activating group) is 1. The predicted molar refractivity (Wildman–Crippen MR) is 82.8 cm³/mol. The molecule has 1 amide bonds. The summed E-state index contributed by atoms with van der Waals surface area (Å²) >= 11 is 0. The molecule has 23 heavy (non-hydrogen) atoms. The van der Waals surface area contributed by atoms with Gasteiger partial charge in [0.2, 0.25) is 10.0 Å². The van der Waals surface area contributed by atoms with E-state index in [2.05, 4.69) is 4.72 Å². The molecule has 0 aromatic heterocycles. The number of benzene rings is 1. The van der Waals surface area contributed by atoms with Crippen molar-refractivity contribution < 1.29 is 27.9 Å². The fourth-order valence-corrected chi connectivity index (χ4v) is 2.88. The highest BCUT2D eigenvalue weighted by Gasteiger charge is 2.20. The molecule has 1 aromatic rings. The average molecular weight is 344 g/mol. The van der Waals surface area contributed by atoms with Crippen LogP contribution in [-0.4, -0.2) is 64.2 Å². The number of aryl methyl sites for hydroxylation is 1. The zero-order chi connectivity index (χ0) is 17.6. The summed E-state index contributed by atoms with van der Waals surface area (Å²) < 4.78 is 31.4. The summed E-state index contributed by atoms with van der Waals surface area (Å²) in [7, 11) is -0.976. The molecule has 9 heteroatoms. The standard InChI is InChI=1S/C14H20N2O6S/c1-10-4-5-11(23(20,21)15-6-7-22-3)8-12(10)14(19)16(2)9-13(17)18/h4-5,8,15H,6-7,9H2,1-3H3,(H,17,18). The molecule has 0 aliphatic carbocycles. The van der Waals surface area contributed by atoms with E-state index in [1.54, 1.807) is 6.92 Å². The van der Waals surface area contributed by atoms with Crippen LogP contribution in [0.15, 0.2) is 23.1 Å². The van der Waals surface area contributed by atoms with E-state index in [1.807, 2.05) is 0 Å². The lowest BCUT2D eigenvalue weighted by Crippen LogP contribution is -2.33. The van der Waals surface area contributed by atoms with Crippen LogP contribution in [0, 0.1) is 6.92 Å². The molecular formula is C14H20N2O6S. The van der Waals surface area contributed by atoms with Gasteiger partial charge in [0.15, 0.2) is 0 Å². The van der Waals surface area contributed by atoms with Crippen molar-refractivity contribution in [3.8, 4) is 0 Å². The summed E-state index contributed by atoms with van der Waals surface area (Å²) in [6, 6.07) is 4.14. The summed E-state index contributed by atoms with van der Waals surface area (Å²) in [6.07, 6.45) is 0. The molecule has 0 spiro atoms. The zero-order valence-corrected chi connectivity index (χ0v) is 14.0. The van der Waals surface area contributed by atoms with E-state index >= 15 is 0 Å². The van der Waals surface area contributed by atoms with E-state index in [9.17, 15) is 18.0 Å². The highest BCUT2D eigenvalue weighted by atomic mass is 32.2. The van der Waals surface area contributed by atoms with Crippen LogP contribution in [0.1, 0.15) is 15.9 Å². The Labute approximate surface area is 135 Å². The van der Waals surface area contributed by atoms with Gasteiger partial charge in [-0.15, -0.1) is 0 Å². The number of ether oxygens (including phenoxy) is 1. The Hall–Kier alpha value is -1.97. The number of hydrogen-bond donors (Lipinski definition) is 2. The number of carboxylic acid groups (broad SMARTS) is 1.